The highest BCUT2D eigenvalue weighted by Crippen LogP contribution is 2.38. The number of thiazole rings is 1. The minimum Gasteiger partial charge on any atom is -0.294 e. The van der Waals surface area contributed by atoms with Gasteiger partial charge in [-0.1, -0.05) is 18.2 Å². The molecule has 1 aromatic carbocycles. The normalized spacial score (nSPS) is 11.6. The Morgan fingerprint density at radius 2 is 1.89 bits per heavy atom. The second kappa shape index (κ2) is 4.77. The average Bonchev–Trinajstić information content (AvgIpc) is 2.70. The predicted molar refractivity (Wildman–Crippen MR) is 67.3 cm³/mol. The highest BCUT2D eigenvalue weighted by atomic mass is 32.1. The van der Waals surface area contributed by atoms with Crippen LogP contribution >= 0.6 is 11.3 Å². The number of carbonyl (C=O) groups is 1. The molecule has 0 aliphatic rings. The van der Waals surface area contributed by atoms with E-state index in [4.69, 9.17) is 0 Å². The van der Waals surface area contributed by atoms with Crippen LogP contribution in [0.25, 0.3) is 10.6 Å². The molecule has 1 heterocycles. The van der Waals surface area contributed by atoms with Gasteiger partial charge in [-0.3, -0.25) is 4.79 Å². The van der Waals surface area contributed by atoms with Crippen LogP contribution in [0.4, 0.5) is 13.2 Å². The van der Waals surface area contributed by atoms with Crippen molar-refractivity contribution in [3.63, 3.8) is 0 Å². The first-order valence-electron chi connectivity index (χ1n) is 5.45. The molecule has 0 aliphatic heterocycles. The molecule has 0 saturated heterocycles. The highest BCUT2D eigenvalue weighted by Gasteiger charge is 2.34. The minimum atomic E-state index is -4.44. The molecule has 0 radical (unpaired) electrons. The lowest BCUT2D eigenvalue weighted by molar-refractivity contribution is -0.137. The zero-order valence-corrected chi connectivity index (χ0v) is 11.0. The van der Waals surface area contributed by atoms with E-state index in [2.05, 4.69) is 4.98 Å². The van der Waals surface area contributed by atoms with E-state index in [-0.39, 0.29) is 16.4 Å². The van der Waals surface area contributed by atoms with Crippen molar-refractivity contribution in [2.75, 3.05) is 0 Å². The first kappa shape index (κ1) is 13.7. The summed E-state index contributed by atoms with van der Waals surface area (Å²) in [5.41, 5.74) is -0.265. The lowest BCUT2D eigenvalue weighted by Crippen LogP contribution is -2.06. The fraction of sp³-hybridized carbons (Fsp3) is 0.231. The van der Waals surface area contributed by atoms with Gasteiger partial charge in [-0.15, -0.1) is 11.3 Å². The lowest BCUT2D eigenvalue weighted by Gasteiger charge is -2.10. The summed E-state index contributed by atoms with van der Waals surface area (Å²) in [6.45, 7) is 2.99. The highest BCUT2D eigenvalue weighted by molar-refractivity contribution is 7.17. The van der Waals surface area contributed by atoms with E-state index < -0.39 is 11.7 Å². The topological polar surface area (TPSA) is 30.0 Å². The Hall–Kier alpha value is -1.69. The molecule has 19 heavy (non-hydrogen) atoms. The number of halogens is 3. The Balaban J connectivity index is 2.60. The summed E-state index contributed by atoms with van der Waals surface area (Å²) in [6.07, 6.45) is -4.44. The number of hydrogen-bond acceptors (Lipinski definition) is 3. The summed E-state index contributed by atoms with van der Waals surface area (Å²) >= 11 is 0.990. The van der Waals surface area contributed by atoms with E-state index in [1.165, 1.54) is 25.1 Å². The Morgan fingerprint density at radius 3 is 2.42 bits per heavy atom. The fourth-order valence-corrected chi connectivity index (χ4v) is 2.76. The smallest absolute Gasteiger partial charge is 0.294 e. The van der Waals surface area contributed by atoms with Crippen molar-refractivity contribution in [2.24, 2.45) is 0 Å². The summed E-state index contributed by atoms with van der Waals surface area (Å²) in [4.78, 5) is 15.8. The molecule has 6 heteroatoms. The number of carbonyl (C=O) groups excluding carboxylic acids is 1. The van der Waals surface area contributed by atoms with Crippen molar-refractivity contribution in [1.82, 2.24) is 4.98 Å². The van der Waals surface area contributed by atoms with Crippen LogP contribution < -0.4 is 0 Å². The number of aryl methyl sites for hydroxylation is 1. The monoisotopic (exact) mass is 285 g/mol. The number of alkyl halides is 3. The van der Waals surface area contributed by atoms with Gasteiger partial charge in [0.1, 0.15) is 5.01 Å². The average molecular weight is 285 g/mol. The zero-order chi connectivity index (χ0) is 14.2. The maximum Gasteiger partial charge on any atom is 0.417 e. The first-order chi connectivity index (χ1) is 8.80. The van der Waals surface area contributed by atoms with E-state index >= 15 is 0 Å². The molecular weight excluding hydrogens is 275 g/mol. The van der Waals surface area contributed by atoms with Gasteiger partial charge in [-0.25, -0.2) is 4.98 Å². The Bertz CT molecular complexity index is 631. The Kier molecular flexibility index (Phi) is 3.45. The van der Waals surface area contributed by atoms with Crippen molar-refractivity contribution in [3.05, 3.63) is 40.4 Å². The predicted octanol–water partition coefficient (Wildman–Crippen LogP) is 4.34. The molecule has 0 atom stereocenters. The van der Waals surface area contributed by atoms with E-state index in [1.54, 1.807) is 6.92 Å². The SMILES string of the molecule is CC(=O)c1sc(-c2ccccc2C(F)(F)F)nc1C. The summed E-state index contributed by atoms with van der Waals surface area (Å²) in [5, 5.41) is 0.218. The van der Waals surface area contributed by atoms with Gasteiger partial charge in [-0.2, -0.15) is 13.2 Å². The second-order valence-electron chi connectivity index (χ2n) is 4.03. The first-order valence-corrected chi connectivity index (χ1v) is 6.27. The third-order valence-corrected chi connectivity index (χ3v) is 3.87. The number of rotatable bonds is 2. The van der Waals surface area contributed by atoms with Crippen LogP contribution in [0.3, 0.4) is 0 Å². The molecule has 100 valence electrons. The molecule has 0 amide bonds. The maximum atomic E-state index is 12.9. The fourth-order valence-electron chi connectivity index (χ4n) is 1.76. The number of ketones is 1. The molecule has 1 aromatic heterocycles. The molecule has 0 fully saturated rings. The van der Waals surface area contributed by atoms with Gasteiger partial charge < -0.3 is 0 Å². The molecule has 2 rings (SSSR count). The molecule has 2 aromatic rings. The van der Waals surface area contributed by atoms with Crippen molar-refractivity contribution in [2.45, 2.75) is 20.0 Å². The minimum absolute atomic E-state index is 0.00981. The van der Waals surface area contributed by atoms with Crippen molar-refractivity contribution in [3.8, 4) is 10.6 Å². The van der Waals surface area contributed by atoms with Crippen LogP contribution in [-0.4, -0.2) is 10.8 Å². The summed E-state index contributed by atoms with van der Waals surface area (Å²) in [5.74, 6) is -0.189. The number of aromatic nitrogens is 1. The van der Waals surface area contributed by atoms with Crippen LogP contribution in [0, 0.1) is 6.92 Å². The van der Waals surface area contributed by atoms with Crippen molar-refractivity contribution in [1.29, 1.82) is 0 Å². The molecule has 2 nitrogen and oxygen atoms in total. The van der Waals surface area contributed by atoms with E-state index in [0.717, 1.165) is 17.4 Å². The van der Waals surface area contributed by atoms with Crippen LogP contribution in [0.15, 0.2) is 24.3 Å². The standard InChI is InChI=1S/C13H10F3NOS/c1-7-11(8(2)18)19-12(17-7)9-5-3-4-6-10(9)13(14,15)16/h3-6H,1-2H3. The van der Waals surface area contributed by atoms with Crippen molar-refractivity contribution >= 4 is 17.1 Å². The van der Waals surface area contributed by atoms with Gasteiger partial charge in [0.15, 0.2) is 5.78 Å². The molecule has 0 aliphatic carbocycles. The Labute approximate surface area is 111 Å². The second-order valence-corrected chi connectivity index (χ2v) is 5.03. The lowest BCUT2D eigenvalue weighted by atomic mass is 10.1. The van der Waals surface area contributed by atoms with Crippen molar-refractivity contribution < 1.29 is 18.0 Å². The zero-order valence-electron chi connectivity index (χ0n) is 10.2. The van der Waals surface area contributed by atoms with Crippen LogP contribution in [0.1, 0.15) is 27.9 Å². The van der Waals surface area contributed by atoms with E-state index in [0.29, 0.717) is 10.6 Å². The number of nitrogens with zero attached hydrogens (tertiary/aromatic N) is 1. The Morgan fingerprint density at radius 1 is 1.26 bits per heavy atom. The van der Waals surface area contributed by atoms with Gasteiger partial charge >= 0.3 is 6.18 Å². The van der Waals surface area contributed by atoms with Crippen LogP contribution in [0.2, 0.25) is 0 Å². The third-order valence-electron chi connectivity index (χ3n) is 2.58. The largest absolute Gasteiger partial charge is 0.417 e. The summed E-state index contributed by atoms with van der Waals surface area (Å²) in [6, 6.07) is 5.23. The molecular formula is C13H10F3NOS. The van der Waals surface area contributed by atoms with Gasteiger partial charge in [0.2, 0.25) is 0 Å². The van der Waals surface area contributed by atoms with E-state index in [1.807, 2.05) is 0 Å². The van der Waals surface area contributed by atoms with Gasteiger partial charge in [-0.05, 0) is 13.0 Å². The summed E-state index contributed by atoms with van der Waals surface area (Å²) in [7, 11) is 0. The molecule has 0 spiro atoms. The third kappa shape index (κ3) is 2.68. The number of benzene rings is 1. The number of Topliss-reactive ketones (excluding diaryl/α,β-unsaturated/α-hetero) is 1. The summed E-state index contributed by atoms with van der Waals surface area (Å²) < 4.78 is 38.7. The molecule has 0 N–H and O–H groups in total. The molecule has 0 unspecified atom stereocenters. The molecule has 0 bridgehead atoms. The van der Waals surface area contributed by atoms with Gasteiger partial charge in [0.25, 0.3) is 0 Å². The number of hydrogen-bond donors (Lipinski definition) is 0. The molecule has 0 saturated carbocycles. The van der Waals surface area contributed by atoms with E-state index in [9.17, 15) is 18.0 Å². The quantitative estimate of drug-likeness (QED) is 0.768. The van der Waals surface area contributed by atoms with Gasteiger partial charge in [0.05, 0.1) is 16.1 Å². The maximum absolute atomic E-state index is 12.9. The van der Waals surface area contributed by atoms with Crippen LogP contribution in [-0.2, 0) is 6.18 Å². The van der Waals surface area contributed by atoms with Crippen LogP contribution in [0.5, 0.6) is 0 Å². The van der Waals surface area contributed by atoms with Gasteiger partial charge in [0, 0.05) is 12.5 Å².